The second-order valence-electron chi connectivity index (χ2n) is 3.84. The molecule has 14 heavy (non-hydrogen) atoms. The van der Waals surface area contributed by atoms with Gasteiger partial charge in [0.2, 0.25) is 0 Å². The van der Waals surface area contributed by atoms with E-state index in [4.69, 9.17) is 0 Å². The molecular formula is C13H21N. The zero-order chi connectivity index (χ0) is 10.2. The van der Waals surface area contributed by atoms with E-state index >= 15 is 0 Å². The van der Waals surface area contributed by atoms with Crippen molar-refractivity contribution in [1.29, 1.82) is 0 Å². The summed E-state index contributed by atoms with van der Waals surface area (Å²) in [5.74, 6) is 0. The van der Waals surface area contributed by atoms with E-state index in [1.165, 1.54) is 30.4 Å². The van der Waals surface area contributed by atoms with E-state index in [9.17, 15) is 0 Å². The minimum atomic E-state index is 1.14. The third kappa shape index (κ3) is 4.43. The van der Waals surface area contributed by atoms with Gasteiger partial charge in [-0.1, -0.05) is 36.8 Å². The van der Waals surface area contributed by atoms with E-state index in [2.05, 4.69) is 43.4 Å². The Kier molecular flexibility index (Phi) is 5.31. The van der Waals surface area contributed by atoms with Crippen LogP contribution in [0.4, 0.5) is 0 Å². The molecule has 1 aromatic carbocycles. The monoisotopic (exact) mass is 191 g/mol. The first-order valence-electron chi connectivity index (χ1n) is 5.59. The lowest BCUT2D eigenvalue weighted by molar-refractivity contribution is 0.640. The van der Waals surface area contributed by atoms with Gasteiger partial charge in [-0.05, 0) is 44.8 Å². The van der Waals surface area contributed by atoms with Crippen molar-refractivity contribution < 1.29 is 0 Å². The topological polar surface area (TPSA) is 12.0 Å². The zero-order valence-corrected chi connectivity index (χ0v) is 9.34. The van der Waals surface area contributed by atoms with Crippen molar-refractivity contribution in [3.05, 3.63) is 35.4 Å². The maximum atomic E-state index is 3.42. The summed E-state index contributed by atoms with van der Waals surface area (Å²) in [6.45, 7) is 6.62. The zero-order valence-electron chi connectivity index (χ0n) is 9.34. The van der Waals surface area contributed by atoms with Crippen LogP contribution >= 0.6 is 0 Å². The van der Waals surface area contributed by atoms with Crippen LogP contribution in [0.25, 0.3) is 0 Å². The van der Waals surface area contributed by atoms with Crippen molar-refractivity contribution in [1.82, 2.24) is 5.32 Å². The predicted octanol–water partition coefficient (Wildman–Crippen LogP) is 2.93. The molecule has 1 aromatic rings. The lowest BCUT2D eigenvalue weighted by atomic mass is 10.1. The molecule has 0 saturated heterocycles. The van der Waals surface area contributed by atoms with Gasteiger partial charge in [-0.2, -0.15) is 0 Å². The van der Waals surface area contributed by atoms with E-state index in [0.717, 1.165) is 13.1 Å². The Morgan fingerprint density at radius 2 is 1.79 bits per heavy atom. The maximum Gasteiger partial charge on any atom is -0.00458 e. The highest BCUT2D eigenvalue weighted by molar-refractivity contribution is 5.21. The van der Waals surface area contributed by atoms with E-state index in [-0.39, 0.29) is 0 Å². The van der Waals surface area contributed by atoms with Crippen LogP contribution in [0.1, 0.15) is 30.9 Å². The largest absolute Gasteiger partial charge is 0.317 e. The molecule has 0 unspecified atom stereocenters. The van der Waals surface area contributed by atoms with Gasteiger partial charge in [0.25, 0.3) is 0 Å². The number of aryl methyl sites for hydroxylation is 2. The molecule has 0 saturated carbocycles. The minimum Gasteiger partial charge on any atom is -0.317 e. The van der Waals surface area contributed by atoms with Gasteiger partial charge in [-0.25, -0.2) is 0 Å². The molecular weight excluding hydrogens is 170 g/mol. The average molecular weight is 191 g/mol. The molecule has 0 aliphatic rings. The van der Waals surface area contributed by atoms with Crippen LogP contribution in [0.3, 0.4) is 0 Å². The molecule has 1 heteroatoms. The Hall–Kier alpha value is -0.820. The van der Waals surface area contributed by atoms with Crippen molar-refractivity contribution >= 4 is 0 Å². The molecule has 0 radical (unpaired) electrons. The summed E-state index contributed by atoms with van der Waals surface area (Å²) >= 11 is 0. The first-order chi connectivity index (χ1) is 6.83. The first-order valence-corrected chi connectivity index (χ1v) is 5.59. The van der Waals surface area contributed by atoms with Crippen LogP contribution < -0.4 is 5.32 Å². The normalized spacial score (nSPS) is 10.4. The quantitative estimate of drug-likeness (QED) is 0.682. The van der Waals surface area contributed by atoms with E-state index in [0.29, 0.717) is 0 Å². The van der Waals surface area contributed by atoms with Crippen molar-refractivity contribution in [2.75, 3.05) is 13.1 Å². The van der Waals surface area contributed by atoms with Crippen LogP contribution in [0, 0.1) is 6.92 Å². The summed E-state index contributed by atoms with van der Waals surface area (Å²) in [5.41, 5.74) is 2.80. The fourth-order valence-electron chi connectivity index (χ4n) is 1.47. The molecule has 0 amide bonds. The van der Waals surface area contributed by atoms with Crippen molar-refractivity contribution in [3.8, 4) is 0 Å². The van der Waals surface area contributed by atoms with Crippen LogP contribution in [0.5, 0.6) is 0 Å². The molecule has 0 bridgehead atoms. The van der Waals surface area contributed by atoms with Gasteiger partial charge in [-0.15, -0.1) is 0 Å². The highest BCUT2D eigenvalue weighted by Crippen LogP contribution is 2.05. The molecule has 0 atom stereocenters. The van der Waals surface area contributed by atoms with Crippen LogP contribution in [0.15, 0.2) is 24.3 Å². The number of rotatable bonds is 6. The van der Waals surface area contributed by atoms with E-state index in [1.54, 1.807) is 0 Å². The summed E-state index contributed by atoms with van der Waals surface area (Å²) in [6, 6.07) is 8.84. The second-order valence-corrected chi connectivity index (χ2v) is 3.84. The van der Waals surface area contributed by atoms with Gasteiger partial charge in [0, 0.05) is 0 Å². The Morgan fingerprint density at radius 1 is 1.07 bits per heavy atom. The van der Waals surface area contributed by atoms with Crippen molar-refractivity contribution in [2.24, 2.45) is 0 Å². The molecule has 1 N–H and O–H groups in total. The highest BCUT2D eigenvalue weighted by Gasteiger charge is 1.92. The van der Waals surface area contributed by atoms with E-state index < -0.39 is 0 Å². The second kappa shape index (κ2) is 6.61. The van der Waals surface area contributed by atoms with Gasteiger partial charge in [0.05, 0.1) is 0 Å². The number of hydrogen-bond acceptors (Lipinski definition) is 1. The molecule has 1 nitrogen and oxygen atoms in total. The molecule has 0 aliphatic heterocycles. The smallest absolute Gasteiger partial charge is 0.00458 e. The van der Waals surface area contributed by atoms with Gasteiger partial charge in [0.1, 0.15) is 0 Å². The molecule has 1 rings (SSSR count). The molecule has 0 spiro atoms. The Morgan fingerprint density at radius 3 is 2.43 bits per heavy atom. The number of benzene rings is 1. The third-order valence-electron chi connectivity index (χ3n) is 2.37. The molecule has 0 fully saturated rings. The fraction of sp³-hybridized carbons (Fsp3) is 0.538. The third-order valence-corrected chi connectivity index (χ3v) is 2.37. The van der Waals surface area contributed by atoms with Crippen molar-refractivity contribution in [2.45, 2.75) is 33.1 Å². The van der Waals surface area contributed by atoms with Gasteiger partial charge in [-0.3, -0.25) is 0 Å². The molecule has 0 aliphatic carbocycles. The van der Waals surface area contributed by atoms with Crippen LogP contribution in [-0.4, -0.2) is 13.1 Å². The summed E-state index contributed by atoms with van der Waals surface area (Å²) in [7, 11) is 0. The molecule has 78 valence electrons. The number of hydrogen-bond donors (Lipinski definition) is 1. The number of nitrogens with one attached hydrogen (secondary N) is 1. The lowest BCUT2D eigenvalue weighted by Crippen LogP contribution is -2.16. The summed E-state index contributed by atoms with van der Waals surface area (Å²) in [4.78, 5) is 0. The summed E-state index contributed by atoms with van der Waals surface area (Å²) in [5, 5.41) is 3.42. The van der Waals surface area contributed by atoms with Gasteiger partial charge < -0.3 is 5.32 Å². The Balaban J connectivity index is 2.15. The van der Waals surface area contributed by atoms with Crippen LogP contribution in [-0.2, 0) is 6.42 Å². The predicted molar refractivity (Wildman–Crippen MR) is 62.7 cm³/mol. The van der Waals surface area contributed by atoms with Gasteiger partial charge >= 0.3 is 0 Å². The van der Waals surface area contributed by atoms with Gasteiger partial charge in [0.15, 0.2) is 0 Å². The lowest BCUT2D eigenvalue weighted by Gasteiger charge is -2.03. The summed E-state index contributed by atoms with van der Waals surface area (Å²) in [6.07, 6.45) is 3.66. The van der Waals surface area contributed by atoms with Crippen molar-refractivity contribution in [3.63, 3.8) is 0 Å². The maximum absolute atomic E-state index is 3.42. The molecule has 0 aromatic heterocycles. The Labute approximate surface area is 87.5 Å². The van der Waals surface area contributed by atoms with Crippen LogP contribution in [0.2, 0.25) is 0 Å². The SMILES string of the molecule is CCCNCCCc1ccc(C)cc1. The van der Waals surface area contributed by atoms with E-state index in [1.807, 2.05) is 0 Å². The summed E-state index contributed by atoms with van der Waals surface area (Å²) < 4.78 is 0. The standard InChI is InChI=1S/C13H21N/c1-3-10-14-11-4-5-13-8-6-12(2)7-9-13/h6-9,14H,3-5,10-11H2,1-2H3. The first kappa shape index (κ1) is 11.3. The fourth-order valence-corrected chi connectivity index (χ4v) is 1.47. The highest BCUT2D eigenvalue weighted by atomic mass is 14.8. The average Bonchev–Trinajstić information content (AvgIpc) is 2.21. The Bertz CT molecular complexity index is 238. The molecule has 0 heterocycles. The minimum absolute atomic E-state index is 1.14.